The molecule has 2 heterocycles. The van der Waals surface area contributed by atoms with Gasteiger partial charge in [0.1, 0.15) is 11.5 Å². The van der Waals surface area contributed by atoms with E-state index in [2.05, 4.69) is 20.6 Å². The normalized spacial score (nSPS) is 11.0. The third kappa shape index (κ3) is 4.09. The van der Waals surface area contributed by atoms with Gasteiger partial charge in [0.15, 0.2) is 5.69 Å². The van der Waals surface area contributed by atoms with Crippen LogP contribution in [0.2, 0.25) is 5.02 Å². The number of amides is 1. The van der Waals surface area contributed by atoms with Gasteiger partial charge in [0.05, 0.1) is 12.2 Å². The highest BCUT2D eigenvalue weighted by Gasteiger charge is 2.20. The number of benzene rings is 2. The molecular formula is C23H22ClN5O2. The Morgan fingerprint density at radius 1 is 1.10 bits per heavy atom. The molecule has 8 heteroatoms. The second-order valence-corrected chi connectivity index (χ2v) is 7.79. The summed E-state index contributed by atoms with van der Waals surface area (Å²) in [6.07, 6.45) is 0. The van der Waals surface area contributed by atoms with Gasteiger partial charge in [-0.3, -0.25) is 4.79 Å². The average molecular weight is 436 g/mol. The lowest BCUT2D eigenvalue weighted by molar-refractivity contribution is 0.102. The summed E-state index contributed by atoms with van der Waals surface area (Å²) in [7, 11) is 0. The Balaban J connectivity index is 1.56. The van der Waals surface area contributed by atoms with Gasteiger partial charge in [-0.1, -0.05) is 41.1 Å². The number of halogens is 1. The number of anilines is 1. The maximum atomic E-state index is 12.8. The number of carbonyl (C=O) groups is 1. The molecule has 0 atom stereocenters. The largest absolute Gasteiger partial charge is 0.441 e. The average Bonchev–Trinajstić information content (AvgIpc) is 3.29. The van der Waals surface area contributed by atoms with Crippen molar-refractivity contribution in [2.75, 3.05) is 5.32 Å². The fourth-order valence-corrected chi connectivity index (χ4v) is 3.46. The van der Waals surface area contributed by atoms with Gasteiger partial charge in [-0.05, 0) is 57.0 Å². The Kier molecular flexibility index (Phi) is 5.61. The van der Waals surface area contributed by atoms with Gasteiger partial charge in [-0.25, -0.2) is 9.67 Å². The number of hydrogen-bond acceptors (Lipinski definition) is 5. The minimum absolute atomic E-state index is 0.250. The van der Waals surface area contributed by atoms with Crippen LogP contribution in [0.5, 0.6) is 0 Å². The maximum absolute atomic E-state index is 12.8. The van der Waals surface area contributed by atoms with E-state index in [-0.39, 0.29) is 11.6 Å². The Morgan fingerprint density at radius 2 is 1.87 bits per heavy atom. The Labute approximate surface area is 185 Å². The first-order valence-corrected chi connectivity index (χ1v) is 10.2. The molecule has 31 heavy (non-hydrogen) atoms. The predicted molar refractivity (Wildman–Crippen MR) is 119 cm³/mol. The van der Waals surface area contributed by atoms with Crippen molar-refractivity contribution in [3.63, 3.8) is 0 Å². The van der Waals surface area contributed by atoms with E-state index >= 15 is 0 Å². The van der Waals surface area contributed by atoms with E-state index in [1.54, 1.807) is 29.8 Å². The molecule has 0 aliphatic heterocycles. The topological polar surface area (TPSA) is 85.8 Å². The number of nitrogens with one attached hydrogen (secondary N) is 1. The fourth-order valence-electron chi connectivity index (χ4n) is 3.29. The van der Waals surface area contributed by atoms with Crippen molar-refractivity contribution in [3.05, 3.63) is 81.5 Å². The van der Waals surface area contributed by atoms with Crippen LogP contribution in [0.25, 0.3) is 11.5 Å². The molecule has 2 aromatic carbocycles. The zero-order chi connectivity index (χ0) is 22.1. The van der Waals surface area contributed by atoms with Crippen LogP contribution in [0, 0.1) is 27.7 Å². The molecule has 2 aromatic heterocycles. The minimum atomic E-state index is -0.341. The number of aryl methyl sites for hydroxylation is 2. The molecule has 0 aliphatic carbocycles. The zero-order valence-corrected chi connectivity index (χ0v) is 18.5. The molecule has 158 valence electrons. The van der Waals surface area contributed by atoms with Gasteiger partial charge in [-0.2, -0.15) is 0 Å². The molecular weight excluding hydrogens is 414 g/mol. The van der Waals surface area contributed by atoms with Gasteiger partial charge < -0.3 is 9.73 Å². The standard InChI is InChI=1S/C23H22ClN5O2/c1-13-8-5-6-9-17(13)23-26-20(16(4)31-23)12-29-15(3)21(27-28-29)22(30)25-19-11-7-10-18(24)14(19)2/h5-11H,12H2,1-4H3,(H,25,30). The van der Waals surface area contributed by atoms with Crippen molar-refractivity contribution >= 4 is 23.2 Å². The Morgan fingerprint density at radius 3 is 2.65 bits per heavy atom. The molecule has 0 bridgehead atoms. The number of hydrogen-bond donors (Lipinski definition) is 1. The van der Waals surface area contributed by atoms with E-state index in [4.69, 9.17) is 16.0 Å². The molecule has 0 aliphatic rings. The molecule has 7 nitrogen and oxygen atoms in total. The van der Waals surface area contributed by atoms with E-state index in [1.165, 1.54) is 0 Å². The highest BCUT2D eigenvalue weighted by Crippen LogP contribution is 2.26. The SMILES string of the molecule is Cc1ccccc1-c1nc(Cn2nnc(C(=O)Nc3cccc(Cl)c3C)c2C)c(C)o1. The summed E-state index contributed by atoms with van der Waals surface area (Å²) < 4.78 is 7.53. The molecule has 0 fully saturated rings. The first kappa shape index (κ1) is 20.8. The fraction of sp³-hybridized carbons (Fsp3) is 0.217. The third-order valence-electron chi connectivity index (χ3n) is 5.28. The van der Waals surface area contributed by atoms with Crippen LogP contribution in [-0.4, -0.2) is 25.9 Å². The van der Waals surface area contributed by atoms with Gasteiger partial charge in [0.25, 0.3) is 5.91 Å². The molecule has 0 saturated carbocycles. The van der Waals surface area contributed by atoms with E-state index in [0.717, 1.165) is 22.4 Å². The van der Waals surface area contributed by atoms with Gasteiger partial charge in [-0.15, -0.1) is 5.10 Å². The van der Waals surface area contributed by atoms with Gasteiger partial charge in [0.2, 0.25) is 5.89 Å². The molecule has 1 amide bonds. The van der Waals surface area contributed by atoms with Crippen molar-refractivity contribution in [2.24, 2.45) is 0 Å². The third-order valence-corrected chi connectivity index (χ3v) is 5.69. The molecule has 0 unspecified atom stereocenters. The van der Waals surface area contributed by atoms with Crippen LogP contribution in [0.4, 0.5) is 5.69 Å². The van der Waals surface area contributed by atoms with E-state index in [1.807, 2.05) is 45.0 Å². The molecule has 0 spiro atoms. The summed E-state index contributed by atoms with van der Waals surface area (Å²) in [5.74, 6) is 0.929. The predicted octanol–water partition coefficient (Wildman–Crippen LogP) is 5.12. The summed E-state index contributed by atoms with van der Waals surface area (Å²) in [5, 5.41) is 11.7. The summed E-state index contributed by atoms with van der Waals surface area (Å²) in [4.78, 5) is 17.4. The lowest BCUT2D eigenvalue weighted by atomic mass is 10.1. The van der Waals surface area contributed by atoms with Gasteiger partial charge >= 0.3 is 0 Å². The van der Waals surface area contributed by atoms with Crippen LogP contribution in [-0.2, 0) is 6.54 Å². The van der Waals surface area contributed by atoms with E-state index in [9.17, 15) is 4.79 Å². The maximum Gasteiger partial charge on any atom is 0.278 e. The molecule has 1 N–H and O–H groups in total. The van der Waals surface area contributed by atoms with Crippen LogP contribution < -0.4 is 5.32 Å². The van der Waals surface area contributed by atoms with E-state index < -0.39 is 0 Å². The van der Waals surface area contributed by atoms with Crippen molar-refractivity contribution in [1.29, 1.82) is 0 Å². The van der Waals surface area contributed by atoms with Crippen LogP contribution >= 0.6 is 11.6 Å². The molecule has 0 saturated heterocycles. The minimum Gasteiger partial charge on any atom is -0.441 e. The number of oxazole rings is 1. The first-order chi connectivity index (χ1) is 14.8. The lowest BCUT2D eigenvalue weighted by Gasteiger charge is -2.08. The van der Waals surface area contributed by atoms with Crippen LogP contribution in [0.3, 0.4) is 0 Å². The first-order valence-electron chi connectivity index (χ1n) is 9.84. The second kappa shape index (κ2) is 8.35. The second-order valence-electron chi connectivity index (χ2n) is 7.38. The number of carbonyl (C=O) groups excluding carboxylic acids is 1. The van der Waals surface area contributed by atoms with Gasteiger partial charge in [0, 0.05) is 16.3 Å². The van der Waals surface area contributed by atoms with Crippen molar-refractivity contribution < 1.29 is 9.21 Å². The Bertz CT molecular complexity index is 1270. The molecule has 4 aromatic rings. The highest BCUT2D eigenvalue weighted by atomic mass is 35.5. The smallest absolute Gasteiger partial charge is 0.278 e. The summed E-state index contributed by atoms with van der Waals surface area (Å²) in [6.45, 7) is 7.89. The number of aromatic nitrogens is 4. The summed E-state index contributed by atoms with van der Waals surface area (Å²) in [6, 6.07) is 13.3. The van der Waals surface area contributed by atoms with Crippen LogP contribution in [0.15, 0.2) is 46.9 Å². The van der Waals surface area contributed by atoms with Crippen molar-refractivity contribution in [2.45, 2.75) is 34.2 Å². The van der Waals surface area contributed by atoms with Crippen molar-refractivity contribution in [3.8, 4) is 11.5 Å². The molecule has 0 radical (unpaired) electrons. The number of rotatable bonds is 5. The quantitative estimate of drug-likeness (QED) is 0.470. The number of nitrogens with zero attached hydrogens (tertiary/aromatic N) is 4. The van der Waals surface area contributed by atoms with Crippen LogP contribution in [0.1, 0.15) is 38.8 Å². The zero-order valence-electron chi connectivity index (χ0n) is 17.7. The Hall–Kier alpha value is -3.45. The van der Waals surface area contributed by atoms with Crippen molar-refractivity contribution in [1.82, 2.24) is 20.0 Å². The highest BCUT2D eigenvalue weighted by molar-refractivity contribution is 6.31. The monoisotopic (exact) mass is 435 g/mol. The lowest BCUT2D eigenvalue weighted by Crippen LogP contribution is -2.15. The van der Waals surface area contributed by atoms with E-state index in [0.29, 0.717) is 34.6 Å². The molecule has 4 rings (SSSR count). The summed E-state index contributed by atoms with van der Waals surface area (Å²) in [5.41, 5.74) is 5.10. The summed E-state index contributed by atoms with van der Waals surface area (Å²) >= 11 is 6.14.